The van der Waals surface area contributed by atoms with Gasteiger partial charge in [0, 0.05) is 25.6 Å². The van der Waals surface area contributed by atoms with Crippen LogP contribution in [0.15, 0.2) is 52.5 Å². The molecule has 25 heavy (non-hydrogen) atoms. The van der Waals surface area contributed by atoms with Crippen molar-refractivity contribution in [3.63, 3.8) is 0 Å². The van der Waals surface area contributed by atoms with Gasteiger partial charge in [-0.25, -0.2) is 18.6 Å². The minimum atomic E-state index is -3.60. The number of amides is 1. The first kappa shape index (κ1) is 17.4. The molecule has 2 heterocycles. The van der Waals surface area contributed by atoms with Crippen LogP contribution in [0.25, 0.3) is 0 Å². The van der Waals surface area contributed by atoms with Crippen LogP contribution in [-0.4, -0.2) is 24.6 Å². The number of benzene rings is 1. The third kappa shape index (κ3) is 3.64. The van der Waals surface area contributed by atoms with E-state index in [1.54, 1.807) is 37.3 Å². The van der Waals surface area contributed by atoms with E-state index in [0.717, 1.165) is 17.1 Å². The van der Waals surface area contributed by atoms with E-state index in [0.29, 0.717) is 12.8 Å². The molecule has 8 heteroatoms. The number of sulfonamides is 1. The summed E-state index contributed by atoms with van der Waals surface area (Å²) >= 11 is 0. The van der Waals surface area contributed by atoms with Crippen LogP contribution < -0.4 is 10.1 Å². The molecule has 7 nitrogen and oxygen atoms in total. The van der Waals surface area contributed by atoms with Gasteiger partial charge in [0.15, 0.2) is 0 Å². The van der Waals surface area contributed by atoms with E-state index in [-0.39, 0.29) is 10.8 Å². The van der Waals surface area contributed by atoms with Gasteiger partial charge in [0.05, 0.1) is 22.3 Å². The second kappa shape index (κ2) is 6.81. The molecule has 2 aromatic rings. The smallest absolute Gasteiger partial charge is 0.241 e. The normalized spacial score (nSPS) is 16.2. The number of hydrogen-bond acceptors (Lipinski definition) is 4. The van der Waals surface area contributed by atoms with Gasteiger partial charge in [-0.05, 0) is 31.2 Å². The molecule has 1 aromatic heterocycles. The highest BCUT2D eigenvalue weighted by Crippen LogP contribution is 2.21. The van der Waals surface area contributed by atoms with Crippen molar-refractivity contribution < 1.29 is 13.2 Å². The Bertz CT molecular complexity index is 917. The summed E-state index contributed by atoms with van der Waals surface area (Å²) < 4.78 is 29.6. The topological polar surface area (TPSA) is 92.6 Å². The molecule has 1 aromatic carbocycles. The molecule has 0 saturated carbocycles. The van der Waals surface area contributed by atoms with Gasteiger partial charge in [-0.2, -0.15) is 5.10 Å². The molecule has 1 aliphatic heterocycles. The van der Waals surface area contributed by atoms with Crippen molar-refractivity contribution in [1.29, 1.82) is 0 Å². The van der Waals surface area contributed by atoms with Gasteiger partial charge < -0.3 is 4.57 Å². The molecule has 1 aliphatic rings. The Morgan fingerprint density at radius 3 is 2.52 bits per heavy atom. The number of nitrogens with one attached hydrogen (secondary N) is 2. The zero-order chi connectivity index (χ0) is 18.0. The summed E-state index contributed by atoms with van der Waals surface area (Å²) in [7, 11) is -1.74. The fourth-order valence-electron chi connectivity index (χ4n) is 2.87. The van der Waals surface area contributed by atoms with Crippen molar-refractivity contribution in [2.24, 2.45) is 12.1 Å². The lowest BCUT2D eigenvalue weighted by molar-refractivity contribution is -0.121. The first-order chi connectivity index (χ1) is 11.9. The Morgan fingerprint density at radius 2 is 1.88 bits per heavy atom. The Kier molecular flexibility index (Phi) is 4.73. The van der Waals surface area contributed by atoms with Gasteiger partial charge in [-0.3, -0.25) is 4.79 Å². The van der Waals surface area contributed by atoms with Crippen LogP contribution >= 0.6 is 0 Å². The van der Waals surface area contributed by atoms with E-state index in [1.807, 2.05) is 23.7 Å². The quantitative estimate of drug-likeness (QED) is 0.850. The Hall–Kier alpha value is -2.45. The van der Waals surface area contributed by atoms with Crippen LogP contribution in [0.1, 0.15) is 37.2 Å². The maximum atomic E-state index is 12.5. The maximum Gasteiger partial charge on any atom is 0.241 e. The van der Waals surface area contributed by atoms with Gasteiger partial charge in [0.1, 0.15) is 0 Å². The highest BCUT2D eigenvalue weighted by molar-refractivity contribution is 7.89. The second-order valence-electron chi connectivity index (χ2n) is 5.95. The van der Waals surface area contributed by atoms with Crippen LogP contribution in [0.5, 0.6) is 0 Å². The Labute approximate surface area is 146 Å². The number of hydrazone groups is 1. The molecule has 1 unspecified atom stereocenters. The van der Waals surface area contributed by atoms with Crippen LogP contribution in [-0.2, 0) is 21.9 Å². The fraction of sp³-hybridized carbons (Fsp3) is 0.294. The van der Waals surface area contributed by atoms with Crippen molar-refractivity contribution in [3.05, 3.63) is 53.9 Å². The van der Waals surface area contributed by atoms with E-state index < -0.39 is 16.1 Å². The summed E-state index contributed by atoms with van der Waals surface area (Å²) in [6.07, 6.45) is 0.961. The van der Waals surface area contributed by atoms with Crippen molar-refractivity contribution >= 4 is 21.6 Å². The van der Waals surface area contributed by atoms with Crippen LogP contribution in [0, 0.1) is 0 Å². The molecular formula is C17H20N4O3S. The van der Waals surface area contributed by atoms with Crippen molar-refractivity contribution in [2.45, 2.75) is 30.7 Å². The van der Waals surface area contributed by atoms with Gasteiger partial charge in [-0.1, -0.05) is 18.2 Å². The molecule has 1 amide bonds. The summed E-state index contributed by atoms with van der Waals surface area (Å²) in [5.41, 5.74) is 4.94. The molecule has 0 aliphatic carbocycles. The monoisotopic (exact) mass is 360 g/mol. The first-order valence-corrected chi connectivity index (χ1v) is 9.45. The Balaban J connectivity index is 1.82. The number of carbonyl (C=O) groups excluding carboxylic acids is 1. The number of nitrogens with zero attached hydrogens (tertiary/aromatic N) is 2. The van der Waals surface area contributed by atoms with Gasteiger partial charge in [0.2, 0.25) is 15.9 Å². The lowest BCUT2D eigenvalue weighted by Crippen LogP contribution is -2.29. The molecule has 0 saturated heterocycles. The predicted molar refractivity (Wildman–Crippen MR) is 94.5 cm³/mol. The fourth-order valence-corrected chi connectivity index (χ4v) is 4.11. The molecular weight excluding hydrogens is 340 g/mol. The highest BCUT2D eigenvalue weighted by atomic mass is 32.2. The third-order valence-electron chi connectivity index (χ3n) is 4.19. The zero-order valence-electron chi connectivity index (χ0n) is 14.1. The van der Waals surface area contributed by atoms with Crippen molar-refractivity contribution in [3.8, 4) is 0 Å². The highest BCUT2D eigenvalue weighted by Gasteiger charge is 2.22. The minimum Gasteiger partial charge on any atom is -0.345 e. The summed E-state index contributed by atoms with van der Waals surface area (Å²) in [6.45, 7) is 1.80. The number of carbonyl (C=O) groups is 1. The summed E-state index contributed by atoms with van der Waals surface area (Å²) in [5.74, 6) is -0.0952. The molecule has 3 rings (SSSR count). The number of rotatable bonds is 5. The Morgan fingerprint density at radius 1 is 1.16 bits per heavy atom. The van der Waals surface area contributed by atoms with E-state index in [1.165, 1.54) is 0 Å². The van der Waals surface area contributed by atoms with Crippen LogP contribution in [0.4, 0.5) is 0 Å². The lowest BCUT2D eigenvalue weighted by atomic mass is 10.1. The molecule has 1 atom stereocenters. The first-order valence-electron chi connectivity index (χ1n) is 7.97. The zero-order valence-corrected chi connectivity index (χ0v) is 14.9. The second-order valence-corrected chi connectivity index (χ2v) is 7.67. The van der Waals surface area contributed by atoms with Crippen LogP contribution in [0.2, 0.25) is 0 Å². The maximum absolute atomic E-state index is 12.5. The number of aromatic nitrogens is 1. The van der Waals surface area contributed by atoms with E-state index in [9.17, 15) is 13.2 Å². The summed E-state index contributed by atoms with van der Waals surface area (Å²) in [5, 5.41) is 4.09. The molecule has 132 valence electrons. The SMILES string of the molecule is CC(NS(=O)(=O)c1ccccc1)c1ccc(C2=NNC(=O)CC2)n1C. The van der Waals surface area contributed by atoms with E-state index >= 15 is 0 Å². The number of hydrogen-bond donors (Lipinski definition) is 2. The molecule has 0 radical (unpaired) electrons. The molecule has 0 spiro atoms. The minimum absolute atomic E-state index is 0.0952. The van der Waals surface area contributed by atoms with Crippen molar-refractivity contribution in [2.75, 3.05) is 0 Å². The van der Waals surface area contributed by atoms with Crippen molar-refractivity contribution in [1.82, 2.24) is 14.7 Å². The third-order valence-corrected chi connectivity index (χ3v) is 5.75. The largest absolute Gasteiger partial charge is 0.345 e. The van der Waals surface area contributed by atoms with E-state index in [4.69, 9.17) is 0 Å². The predicted octanol–water partition coefficient (Wildman–Crippen LogP) is 1.68. The van der Waals surface area contributed by atoms with Crippen LogP contribution in [0.3, 0.4) is 0 Å². The average molecular weight is 360 g/mol. The van der Waals surface area contributed by atoms with E-state index in [2.05, 4.69) is 15.2 Å². The summed E-state index contributed by atoms with van der Waals surface area (Å²) in [6, 6.07) is 11.6. The van der Waals surface area contributed by atoms with Gasteiger partial charge in [0.25, 0.3) is 0 Å². The molecule has 0 bridgehead atoms. The van der Waals surface area contributed by atoms with Gasteiger partial charge >= 0.3 is 0 Å². The molecule has 0 fully saturated rings. The summed E-state index contributed by atoms with van der Waals surface area (Å²) in [4.78, 5) is 11.5. The van der Waals surface area contributed by atoms with Gasteiger partial charge in [-0.15, -0.1) is 0 Å². The molecule has 2 N–H and O–H groups in total. The standard InChI is InChI=1S/C17H20N4O3S/c1-12(20-25(23,24)13-6-4-3-5-7-13)15-9-10-16(21(15)2)14-8-11-17(22)19-18-14/h3-7,9-10,12,20H,8,11H2,1-2H3,(H,19,22). The lowest BCUT2D eigenvalue weighted by Gasteiger charge is -2.18. The average Bonchev–Trinajstić information content (AvgIpc) is 2.98.